The lowest BCUT2D eigenvalue weighted by atomic mass is 10.2. The van der Waals surface area contributed by atoms with E-state index in [4.69, 9.17) is 17.0 Å². The molecule has 0 saturated heterocycles. The standard InChI is InChI=1S/C13H19N3OS/c1-3-9-17-12-8-6-5-7-11(12)10-15-16-13(18)14-4-2/h5-8,10H,3-4,9H2,1-2H3,(H2,14,16,18). The summed E-state index contributed by atoms with van der Waals surface area (Å²) in [7, 11) is 0. The maximum atomic E-state index is 5.62. The number of para-hydroxylation sites is 1. The van der Waals surface area contributed by atoms with Crippen LogP contribution < -0.4 is 15.5 Å². The molecule has 0 aliphatic rings. The summed E-state index contributed by atoms with van der Waals surface area (Å²) in [6.45, 7) is 5.53. The summed E-state index contributed by atoms with van der Waals surface area (Å²) in [5.74, 6) is 0.833. The third kappa shape index (κ3) is 5.14. The zero-order valence-corrected chi connectivity index (χ0v) is 11.6. The van der Waals surface area contributed by atoms with Crippen molar-refractivity contribution in [2.75, 3.05) is 13.2 Å². The van der Waals surface area contributed by atoms with E-state index in [-0.39, 0.29) is 0 Å². The van der Waals surface area contributed by atoms with Gasteiger partial charge in [-0.2, -0.15) is 5.10 Å². The van der Waals surface area contributed by atoms with Gasteiger partial charge in [-0.1, -0.05) is 19.1 Å². The second kappa shape index (κ2) is 8.47. The fraction of sp³-hybridized carbons (Fsp3) is 0.385. The van der Waals surface area contributed by atoms with Gasteiger partial charge in [-0.05, 0) is 37.7 Å². The van der Waals surface area contributed by atoms with Crippen LogP contribution in [-0.4, -0.2) is 24.5 Å². The Labute approximate surface area is 113 Å². The van der Waals surface area contributed by atoms with Crippen LogP contribution in [0.15, 0.2) is 29.4 Å². The third-order valence-electron chi connectivity index (χ3n) is 2.09. The summed E-state index contributed by atoms with van der Waals surface area (Å²) < 4.78 is 5.62. The van der Waals surface area contributed by atoms with Gasteiger partial charge in [0.2, 0.25) is 0 Å². The number of nitrogens with zero attached hydrogens (tertiary/aromatic N) is 1. The monoisotopic (exact) mass is 265 g/mol. The molecule has 0 aromatic heterocycles. The van der Waals surface area contributed by atoms with Gasteiger partial charge in [0.05, 0.1) is 12.8 Å². The molecular formula is C13H19N3OS. The van der Waals surface area contributed by atoms with Gasteiger partial charge >= 0.3 is 0 Å². The number of benzene rings is 1. The van der Waals surface area contributed by atoms with Crippen LogP contribution in [0.4, 0.5) is 0 Å². The smallest absolute Gasteiger partial charge is 0.186 e. The second-order valence-electron chi connectivity index (χ2n) is 3.62. The summed E-state index contributed by atoms with van der Waals surface area (Å²) in [6, 6.07) is 7.77. The van der Waals surface area contributed by atoms with Crippen molar-refractivity contribution < 1.29 is 4.74 Å². The van der Waals surface area contributed by atoms with Gasteiger partial charge in [-0.15, -0.1) is 0 Å². The molecule has 0 heterocycles. The first kappa shape index (κ1) is 14.4. The summed E-state index contributed by atoms with van der Waals surface area (Å²) in [6.07, 6.45) is 2.68. The average Bonchev–Trinajstić information content (AvgIpc) is 2.38. The Morgan fingerprint density at radius 1 is 1.39 bits per heavy atom. The van der Waals surface area contributed by atoms with Gasteiger partial charge in [-0.3, -0.25) is 5.43 Å². The Morgan fingerprint density at radius 2 is 2.17 bits per heavy atom. The van der Waals surface area contributed by atoms with Crippen LogP contribution in [-0.2, 0) is 0 Å². The number of hydrogen-bond donors (Lipinski definition) is 2. The summed E-state index contributed by atoms with van der Waals surface area (Å²) >= 11 is 5.00. The predicted octanol–water partition coefficient (Wildman–Crippen LogP) is 2.29. The van der Waals surface area contributed by atoms with E-state index in [9.17, 15) is 0 Å². The summed E-state index contributed by atoms with van der Waals surface area (Å²) in [5, 5.41) is 7.54. The summed E-state index contributed by atoms with van der Waals surface area (Å²) in [5.41, 5.74) is 3.68. The Morgan fingerprint density at radius 3 is 2.89 bits per heavy atom. The minimum absolute atomic E-state index is 0.515. The molecule has 0 saturated carbocycles. The molecule has 98 valence electrons. The Hall–Kier alpha value is -1.62. The quantitative estimate of drug-likeness (QED) is 0.470. The van der Waals surface area contributed by atoms with Crippen molar-refractivity contribution in [3.8, 4) is 5.75 Å². The minimum atomic E-state index is 0.515. The Balaban J connectivity index is 2.59. The number of hydrazone groups is 1. The molecule has 0 fully saturated rings. The van der Waals surface area contributed by atoms with E-state index in [0.717, 1.165) is 24.3 Å². The van der Waals surface area contributed by atoms with E-state index >= 15 is 0 Å². The Kier molecular flexibility index (Phi) is 6.79. The van der Waals surface area contributed by atoms with Crippen LogP contribution in [0, 0.1) is 0 Å². The molecule has 1 aromatic rings. The van der Waals surface area contributed by atoms with Gasteiger partial charge in [0.15, 0.2) is 5.11 Å². The first-order valence-electron chi connectivity index (χ1n) is 6.06. The maximum Gasteiger partial charge on any atom is 0.186 e. The highest BCUT2D eigenvalue weighted by atomic mass is 32.1. The number of hydrogen-bond acceptors (Lipinski definition) is 3. The highest BCUT2D eigenvalue weighted by Gasteiger charge is 1.99. The van der Waals surface area contributed by atoms with E-state index in [1.54, 1.807) is 6.21 Å². The fourth-order valence-electron chi connectivity index (χ4n) is 1.29. The third-order valence-corrected chi connectivity index (χ3v) is 2.32. The molecule has 0 bridgehead atoms. The molecule has 0 spiro atoms. The van der Waals surface area contributed by atoms with E-state index in [1.807, 2.05) is 31.2 Å². The lowest BCUT2D eigenvalue weighted by molar-refractivity contribution is 0.317. The molecule has 4 nitrogen and oxygen atoms in total. The van der Waals surface area contributed by atoms with Crippen molar-refractivity contribution in [2.45, 2.75) is 20.3 Å². The van der Waals surface area contributed by atoms with Crippen molar-refractivity contribution >= 4 is 23.5 Å². The normalized spacial score (nSPS) is 10.3. The molecule has 0 radical (unpaired) electrons. The van der Waals surface area contributed by atoms with Crippen LogP contribution in [0.3, 0.4) is 0 Å². The van der Waals surface area contributed by atoms with Crippen molar-refractivity contribution in [1.29, 1.82) is 0 Å². The number of ether oxygens (including phenoxy) is 1. The molecule has 18 heavy (non-hydrogen) atoms. The lowest BCUT2D eigenvalue weighted by Crippen LogP contribution is -2.31. The Bertz CT molecular complexity index is 407. The van der Waals surface area contributed by atoms with Crippen LogP contribution in [0.2, 0.25) is 0 Å². The molecule has 0 atom stereocenters. The van der Waals surface area contributed by atoms with Crippen molar-refractivity contribution in [3.05, 3.63) is 29.8 Å². The van der Waals surface area contributed by atoms with Crippen LogP contribution in [0.25, 0.3) is 0 Å². The van der Waals surface area contributed by atoms with Crippen LogP contribution in [0.5, 0.6) is 5.75 Å². The minimum Gasteiger partial charge on any atom is -0.493 e. The van der Waals surface area contributed by atoms with E-state index in [0.29, 0.717) is 11.7 Å². The molecule has 1 rings (SSSR count). The fourth-order valence-corrected chi connectivity index (χ4v) is 1.49. The van der Waals surface area contributed by atoms with E-state index in [2.05, 4.69) is 22.8 Å². The largest absolute Gasteiger partial charge is 0.493 e. The van der Waals surface area contributed by atoms with Crippen LogP contribution >= 0.6 is 12.2 Å². The first-order valence-corrected chi connectivity index (χ1v) is 6.47. The molecule has 0 unspecified atom stereocenters. The maximum absolute atomic E-state index is 5.62. The lowest BCUT2D eigenvalue weighted by Gasteiger charge is -2.07. The van der Waals surface area contributed by atoms with Crippen molar-refractivity contribution in [2.24, 2.45) is 5.10 Å². The highest BCUT2D eigenvalue weighted by molar-refractivity contribution is 7.80. The van der Waals surface area contributed by atoms with Crippen molar-refractivity contribution in [3.63, 3.8) is 0 Å². The molecule has 1 aromatic carbocycles. The summed E-state index contributed by atoms with van der Waals surface area (Å²) in [4.78, 5) is 0. The van der Waals surface area contributed by atoms with E-state index < -0.39 is 0 Å². The number of thiocarbonyl (C=S) groups is 1. The zero-order valence-electron chi connectivity index (χ0n) is 10.8. The zero-order chi connectivity index (χ0) is 13.2. The second-order valence-corrected chi connectivity index (χ2v) is 4.02. The number of rotatable bonds is 6. The highest BCUT2D eigenvalue weighted by Crippen LogP contribution is 2.15. The first-order chi connectivity index (χ1) is 8.77. The van der Waals surface area contributed by atoms with Gasteiger partial charge in [0.25, 0.3) is 0 Å². The van der Waals surface area contributed by atoms with Crippen molar-refractivity contribution in [1.82, 2.24) is 10.7 Å². The topological polar surface area (TPSA) is 45.6 Å². The molecule has 0 amide bonds. The molecule has 2 N–H and O–H groups in total. The van der Waals surface area contributed by atoms with E-state index in [1.165, 1.54) is 0 Å². The predicted molar refractivity (Wildman–Crippen MR) is 79.2 cm³/mol. The van der Waals surface area contributed by atoms with Crippen LogP contribution in [0.1, 0.15) is 25.8 Å². The van der Waals surface area contributed by atoms with Gasteiger partial charge in [-0.25, -0.2) is 0 Å². The molecule has 0 aliphatic heterocycles. The molecular weight excluding hydrogens is 246 g/mol. The molecule has 5 heteroatoms. The average molecular weight is 265 g/mol. The molecule has 0 aliphatic carbocycles. The van der Waals surface area contributed by atoms with Gasteiger partial charge in [0, 0.05) is 12.1 Å². The van der Waals surface area contributed by atoms with Gasteiger partial charge in [0.1, 0.15) is 5.75 Å². The SMILES string of the molecule is CCCOc1ccccc1C=NNC(=S)NCC. The number of nitrogens with one attached hydrogen (secondary N) is 2. The van der Waals surface area contributed by atoms with Gasteiger partial charge < -0.3 is 10.1 Å².